The predicted molar refractivity (Wildman–Crippen MR) is 91.5 cm³/mol. The highest BCUT2D eigenvalue weighted by Crippen LogP contribution is 2.25. The summed E-state index contributed by atoms with van der Waals surface area (Å²) in [5.74, 6) is 1.86. The van der Waals surface area contributed by atoms with Crippen LogP contribution < -0.4 is 10.6 Å². The van der Waals surface area contributed by atoms with E-state index < -0.39 is 0 Å². The van der Waals surface area contributed by atoms with Crippen molar-refractivity contribution in [3.05, 3.63) is 33.2 Å². The largest absolute Gasteiger partial charge is 0.370 e. The number of aromatic nitrogens is 2. The molecule has 2 rings (SSSR count). The third-order valence-corrected chi connectivity index (χ3v) is 4.28. The summed E-state index contributed by atoms with van der Waals surface area (Å²) in [4.78, 5) is 9.97. The lowest BCUT2D eigenvalue weighted by Crippen LogP contribution is -2.10. The first-order chi connectivity index (χ1) is 10.2. The minimum Gasteiger partial charge on any atom is -0.370 e. The van der Waals surface area contributed by atoms with Crippen molar-refractivity contribution in [1.29, 1.82) is 0 Å². The molecule has 4 nitrogen and oxygen atoms in total. The summed E-state index contributed by atoms with van der Waals surface area (Å²) in [6.07, 6.45) is 4.71. The van der Waals surface area contributed by atoms with Gasteiger partial charge in [0.15, 0.2) is 0 Å². The molecule has 2 aromatic rings. The fraction of sp³-hybridized carbons (Fsp3) is 0.467. The lowest BCUT2D eigenvalue weighted by Gasteiger charge is -2.14. The van der Waals surface area contributed by atoms with Gasteiger partial charge in [0.25, 0.3) is 0 Å². The van der Waals surface area contributed by atoms with E-state index in [0.29, 0.717) is 0 Å². The first kappa shape index (κ1) is 16.0. The SMILES string of the molecule is CCCNc1ncnc(NCc2ccc(Cl)s2)c1CCC. The summed E-state index contributed by atoms with van der Waals surface area (Å²) in [6.45, 7) is 5.97. The van der Waals surface area contributed by atoms with Crippen molar-refractivity contribution >= 4 is 34.6 Å². The highest BCUT2D eigenvalue weighted by atomic mass is 35.5. The Bertz CT molecular complexity index is 571. The zero-order valence-electron chi connectivity index (χ0n) is 12.4. The molecule has 0 amide bonds. The fourth-order valence-corrected chi connectivity index (χ4v) is 3.09. The van der Waals surface area contributed by atoms with Crippen LogP contribution in [0.4, 0.5) is 11.6 Å². The number of halogens is 1. The Hall–Kier alpha value is -1.33. The molecule has 21 heavy (non-hydrogen) atoms. The Morgan fingerprint density at radius 1 is 1.10 bits per heavy atom. The molecule has 2 heterocycles. The van der Waals surface area contributed by atoms with Gasteiger partial charge in [0.1, 0.15) is 18.0 Å². The summed E-state index contributed by atoms with van der Waals surface area (Å²) in [5, 5.41) is 6.79. The Labute approximate surface area is 135 Å². The zero-order valence-corrected chi connectivity index (χ0v) is 14.0. The number of nitrogens with zero attached hydrogens (tertiary/aromatic N) is 2. The molecule has 2 N–H and O–H groups in total. The van der Waals surface area contributed by atoms with Crippen LogP contribution in [0, 0.1) is 0 Å². The van der Waals surface area contributed by atoms with Crippen molar-refractivity contribution in [2.75, 3.05) is 17.2 Å². The van der Waals surface area contributed by atoms with Crippen LogP contribution >= 0.6 is 22.9 Å². The lowest BCUT2D eigenvalue weighted by molar-refractivity contribution is 0.887. The molecule has 0 aliphatic heterocycles. The molecule has 0 saturated heterocycles. The highest BCUT2D eigenvalue weighted by Gasteiger charge is 2.10. The van der Waals surface area contributed by atoms with Gasteiger partial charge in [-0.2, -0.15) is 0 Å². The molecule has 0 spiro atoms. The van der Waals surface area contributed by atoms with E-state index in [1.165, 1.54) is 4.88 Å². The summed E-state index contributed by atoms with van der Waals surface area (Å²) >= 11 is 7.55. The van der Waals surface area contributed by atoms with Crippen molar-refractivity contribution in [3.63, 3.8) is 0 Å². The van der Waals surface area contributed by atoms with Gasteiger partial charge in [0.2, 0.25) is 0 Å². The van der Waals surface area contributed by atoms with Crippen molar-refractivity contribution < 1.29 is 0 Å². The second kappa shape index (κ2) is 8.20. The molecule has 2 aromatic heterocycles. The van der Waals surface area contributed by atoms with Gasteiger partial charge < -0.3 is 10.6 Å². The molecule has 114 valence electrons. The minimum absolute atomic E-state index is 0.734. The second-order valence-electron chi connectivity index (χ2n) is 4.79. The standard InChI is InChI=1S/C15H21ClN4S/c1-3-5-12-14(17-8-4-2)19-10-20-15(12)18-9-11-6-7-13(16)21-11/h6-7,10H,3-5,8-9H2,1-2H3,(H2,17,18,19,20). The topological polar surface area (TPSA) is 49.8 Å². The Balaban J connectivity index is 2.12. The number of nitrogens with one attached hydrogen (secondary N) is 2. The Morgan fingerprint density at radius 2 is 1.86 bits per heavy atom. The van der Waals surface area contributed by atoms with Gasteiger partial charge in [0.05, 0.1) is 10.9 Å². The van der Waals surface area contributed by atoms with Gasteiger partial charge >= 0.3 is 0 Å². The number of hydrogen-bond acceptors (Lipinski definition) is 5. The average molecular weight is 325 g/mol. The molecule has 0 aromatic carbocycles. The summed E-state index contributed by atoms with van der Waals surface area (Å²) in [5.41, 5.74) is 1.16. The van der Waals surface area contributed by atoms with Crippen LogP contribution in [0.25, 0.3) is 0 Å². The quantitative estimate of drug-likeness (QED) is 0.746. The molecule has 0 aliphatic carbocycles. The first-order valence-corrected chi connectivity index (χ1v) is 8.49. The van der Waals surface area contributed by atoms with E-state index in [1.54, 1.807) is 17.7 Å². The third-order valence-electron chi connectivity index (χ3n) is 3.05. The molecular formula is C15H21ClN4S. The molecule has 6 heteroatoms. The predicted octanol–water partition coefficient (Wildman–Crippen LogP) is 4.58. The van der Waals surface area contributed by atoms with Crippen LogP contribution in [0.1, 0.15) is 37.1 Å². The molecular weight excluding hydrogens is 304 g/mol. The van der Waals surface area contributed by atoms with Crippen LogP contribution in [-0.2, 0) is 13.0 Å². The van der Waals surface area contributed by atoms with Gasteiger partial charge in [-0.05, 0) is 25.0 Å². The number of hydrogen-bond donors (Lipinski definition) is 2. The normalized spacial score (nSPS) is 10.6. The summed E-state index contributed by atoms with van der Waals surface area (Å²) < 4.78 is 0.813. The van der Waals surface area contributed by atoms with Crippen molar-refractivity contribution in [2.24, 2.45) is 0 Å². The van der Waals surface area contributed by atoms with E-state index in [1.807, 2.05) is 12.1 Å². The highest BCUT2D eigenvalue weighted by molar-refractivity contribution is 7.16. The fourth-order valence-electron chi connectivity index (χ4n) is 2.06. The maximum absolute atomic E-state index is 5.96. The number of thiophene rings is 1. The molecule has 0 fully saturated rings. The van der Waals surface area contributed by atoms with E-state index in [-0.39, 0.29) is 0 Å². The Morgan fingerprint density at radius 3 is 2.48 bits per heavy atom. The van der Waals surface area contributed by atoms with E-state index in [4.69, 9.17) is 11.6 Å². The lowest BCUT2D eigenvalue weighted by atomic mass is 10.1. The van der Waals surface area contributed by atoms with Crippen LogP contribution in [0.15, 0.2) is 18.5 Å². The average Bonchev–Trinajstić information content (AvgIpc) is 2.90. The summed E-state index contributed by atoms with van der Waals surface area (Å²) in [7, 11) is 0. The van der Waals surface area contributed by atoms with Crippen molar-refractivity contribution in [3.8, 4) is 0 Å². The zero-order chi connectivity index (χ0) is 15.1. The Kier molecular flexibility index (Phi) is 6.26. The van der Waals surface area contributed by atoms with E-state index >= 15 is 0 Å². The van der Waals surface area contributed by atoms with Crippen LogP contribution in [-0.4, -0.2) is 16.5 Å². The molecule has 0 atom stereocenters. The van der Waals surface area contributed by atoms with Crippen molar-refractivity contribution in [1.82, 2.24) is 9.97 Å². The minimum atomic E-state index is 0.734. The van der Waals surface area contributed by atoms with E-state index in [9.17, 15) is 0 Å². The number of rotatable bonds is 8. The monoisotopic (exact) mass is 324 g/mol. The maximum atomic E-state index is 5.96. The van der Waals surface area contributed by atoms with Crippen LogP contribution in [0.3, 0.4) is 0 Å². The molecule has 0 saturated carbocycles. The third kappa shape index (κ3) is 4.58. The number of anilines is 2. The first-order valence-electron chi connectivity index (χ1n) is 7.30. The summed E-state index contributed by atoms with van der Waals surface area (Å²) in [6, 6.07) is 3.96. The smallest absolute Gasteiger partial charge is 0.135 e. The van der Waals surface area contributed by atoms with Gasteiger partial charge in [-0.15, -0.1) is 11.3 Å². The molecule has 0 unspecified atom stereocenters. The van der Waals surface area contributed by atoms with Gasteiger partial charge in [0, 0.05) is 17.0 Å². The van der Waals surface area contributed by atoms with E-state index in [0.717, 1.165) is 53.9 Å². The van der Waals surface area contributed by atoms with Crippen LogP contribution in [0.2, 0.25) is 4.34 Å². The van der Waals surface area contributed by atoms with Gasteiger partial charge in [-0.25, -0.2) is 9.97 Å². The van der Waals surface area contributed by atoms with E-state index in [2.05, 4.69) is 34.4 Å². The van der Waals surface area contributed by atoms with Crippen molar-refractivity contribution in [2.45, 2.75) is 39.7 Å². The molecule has 0 bridgehead atoms. The second-order valence-corrected chi connectivity index (χ2v) is 6.59. The molecule has 0 radical (unpaired) electrons. The maximum Gasteiger partial charge on any atom is 0.135 e. The van der Waals surface area contributed by atoms with Crippen LogP contribution in [0.5, 0.6) is 0 Å². The molecule has 0 aliphatic rings. The van der Waals surface area contributed by atoms with Gasteiger partial charge in [-0.1, -0.05) is 31.9 Å². The van der Waals surface area contributed by atoms with Gasteiger partial charge in [-0.3, -0.25) is 0 Å².